The van der Waals surface area contributed by atoms with Crippen molar-refractivity contribution < 1.29 is 19.1 Å². The molecular formula is C34H34O4. The first-order chi connectivity index (χ1) is 18.5. The van der Waals surface area contributed by atoms with E-state index in [4.69, 9.17) is 9.47 Å². The minimum atomic E-state index is -0.344. The summed E-state index contributed by atoms with van der Waals surface area (Å²) in [6.07, 6.45) is 0.812. The van der Waals surface area contributed by atoms with Gasteiger partial charge in [-0.2, -0.15) is 0 Å². The van der Waals surface area contributed by atoms with Gasteiger partial charge in [-0.25, -0.2) is 9.59 Å². The Morgan fingerprint density at radius 3 is 1.11 bits per heavy atom. The number of carbonyl (C=O) groups is 2. The van der Waals surface area contributed by atoms with Gasteiger partial charge in [0.25, 0.3) is 0 Å². The Morgan fingerprint density at radius 1 is 0.500 bits per heavy atom. The average Bonchev–Trinajstić information content (AvgIpc) is 2.97. The summed E-state index contributed by atoms with van der Waals surface area (Å²) >= 11 is 0. The molecule has 0 aliphatic rings. The second kappa shape index (κ2) is 13.4. The van der Waals surface area contributed by atoms with Gasteiger partial charge in [0.05, 0.1) is 11.1 Å². The third-order valence-corrected chi connectivity index (χ3v) is 6.98. The Kier molecular flexibility index (Phi) is 9.47. The van der Waals surface area contributed by atoms with Crippen LogP contribution in [0.5, 0.6) is 0 Å². The van der Waals surface area contributed by atoms with Crippen LogP contribution in [-0.2, 0) is 9.47 Å². The topological polar surface area (TPSA) is 52.6 Å². The summed E-state index contributed by atoms with van der Waals surface area (Å²) in [6.45, 7) is 3.91. The van der Waals surface area contributed by atoms with Gasteiger partial charge in [0, 0.05) is 11.8 Å². The van der Waals surface area contributed by atoms with Gasteiger partial charge in [-0.05, 0) is 62.1 Å². The van der Waals surface area contributed by atoms with Crippen molar-refractivity contribution in [3.05, 3.63) is 144 Å². The fraction of sp³-hybridized carbons (Fsp3) is 0.235. The lowest BCUT2D eigenvalue weighted by molar-refractivity contribution is 0.0215. The van der Waals surface area contributed by atoms with E-state index in [0.717, 1.165) is 24.0 Å². The van der Waals surface area contributed by atoms with E-state index in [9.17, 15) is 9.59 Å². The Morgan fingerprint density at radius 2 is 0.789 bits per heavy atom. The molecule has 0 spiro atoms. The minimum absolute atomic E-state index is 0.0212. The smallest absolute Gasteiger partial charge is 0.338 e. The van der Waals surface area contributed by atoms with E-state index in [1.165, 1.54) is 0 Å². The van der Waals surface area contributed by atoms with Crippen LogP contribution in [0.25, 0.3) is 0 Å². The normalized spacial score (nSPS) is 14.1. The molecule has 0 radical (unpaired) electrons. The number of carbonyl (C=O) groups excluding carboxylic acids is 2. The zero-order valence-corrected chi connectivity index (χ0v) is 21.9. The number of esters is 2. The van der Waals surface area contributed by atoms with Gasteiger partial charge in [0.15, 0.2) is 0 Å². The van der Waals surface area contributed by atoms with Crippen LogP contribution in [0.3, 0.4) is 0 Å². The zero-order valence-electron chi connectivity index (χ0n) is 21.9. The molecule has 4 atom stereocenters. The molecule has 4 rings (SSSR count). The molecule has 0 saturated heterocycles. The second-order valence-electron chi connectivity index (χ2n) is 9.56. The second-order valence-corrected chi connectivity index (χ2v) is 9.56. The van der Waals surface area contributed by atoms with Crippen LogP contribution >= 0.6 is 0 Å². The van der Waals surface area contributed by atoms with E-state index >= 15 is 0 Å². The highest BCUT2D eigenvalue weighted by Crippen LogP contribution is 2.34. The Bertz CT molecular complexity index is 1170. The van der Waals surface area contributed by atoms with Gasteiger partial charge in [0.1, 0.15) is 12.2 Å². The highest BCUT2D eigenvalue weighted by Gasteiger charge is 2.28. The SMILES string of the molecule is CC(OC(=O)c1ccccc1)C(CCC(c1ccccc1)C(C)OC(=O)c1ccccc1)c1ccccc1. The average molecular weight is 507 g/mol. The molecular weight excluding hydrogens is 472 g/mol. The molecule has 38 heavy (non-hydrogen) atoms. The van der Waals surface area contributed by atoms with Crippen molar-refractivity contribution in [2.45, 2.75) is 50.7 Å². The largest absolute Gasteiger partial charge is 0.458 e. The third kappa shape index (κ3) is 7.19. The lowest BCUT2D eigenvalue weighted by atomic mass is 9.83. The van der Waals surface area contributed by atoms with E-state index in [1.54, 1.807) is 24.3 Å². The molecule has 0 bridgehead atoms. The number of rotatable bonds is 11. The Balaban J connectivity index is 1.53. The quantitative estimate of drug-likeness (QED) is 0.195. The first-order valence-electron chi connectivity index (χ1n) is 13.1. The van der Waals surface area contributed by atoms with Gasteiger partial charge in [0.2, 0.25) is 0 Å². The molecule has 0 amide bonds. The van der Waals surface area contributed by atoms with Gasteiger partial charge in [-0.1, -0.05) is 97.1 Å². The first-order valence-corrected chi connectivity index (χ1v) is 13.1. The number of ether oxygens (including phenoxy) is 2. The van der Waals surface area contributed by atoms with Crippen LogP contribution in [0.2, 0.25) is 0 Å². The van der Waals surface area contributed by atoms with Crippen LogP contribution in [0, 0.1) is 0 Å². The number of benzene rings is 4. The van der Waals surface area contributed by atoms with E-state index in [2.05, 4.69) is 24.3 Å². The fourth-order valence-electron chi connectivity index (χ4n) is 4.89. The van der Waals surface area contributed by atoms with E-state index in [0.29, 0.717) is 11.1 Å². The molecule has 0 aliphatic heterocycles. The van der Waals surface area contributed by atoms with Crippen LogP contribution in [0.15, 0.2) is 121 Å². The van der Waals surface area contributed by atoms with Crippen LogP contribution in [0.1, 0.15) is 70.4 Å². The van der Waals surface area contributed by atoms with Gasteiger partial charge >= 0.3 is 11.9 Å². The summed E-state index contributed by atoms with van der Waals surface area (Å²) in [7, 11) is 0. The summed E-state index contributed by atoms with van der Waals surface area (Å²) in [5.41, 5.74) is 3.30. The molecule has 4 nitrogen and oxygen atoms in total. The maximum absolute atomic E-state index is 12.8. The molecule has 0 N–H and O–H groups in total. The maximum Gasteiger partial charge on any atom is 0.338 e. The molecule has 194 valence electrons. The lowest BCUT2D eigenvalue weighted by Gasteiger charge is -2.29. The highest BCUT2D eigenvalue weighted by atomic mass is 16.5. The van der Waals surface area contributed by atoms with Gasteiger partial charge in [-0.3, -0.25) is 0 Å². The predicted molar refractivity (Wildman–Crippen MR) is 150 cm³/mol. The molecule has 0 fully saturated rings. The minimum Gasteiger partial charge on any atom is -0.458 e. The summed E-state index contributed by atoms with van der Waals surface area (Å²) in [4.78, 5) is 25.7. The molecule has 4 heteroatoms. The fourth-order valence-corrected chi connectivity index (χ4v) is 4.89. The van der Waals surface area contributed by atoms with Crippen LogP contribution in [-0.4, -0.2) is 24.1 Å². The number of hydrogen-bond donors (Lipinski definition) is 0. The summed E-state index contributed by atoms with van der Waals surface area (Å²) in [6, 6.07) is 38.4. The maximum atomic E-state index is 12.8. The Labute approximate surface area is 225 Å². The summed E-state index contributed by atoms with van der Waals surface area (Å²) < 4.78 is 11.9. The molecule has 4 aromatic carbocycles. The highest BCUT2D eigenvalue weighted by molar-refractivity contribution is 5.89. The molecule has 0 heterocycles. The van der Waals surface area contributed by atoms with E-state index in [1.807, 2.05) is 86.6 Å². The predicted octanol–water partition coefficient (Wildman–Crippen LogP) is 7.83. The number of hydrogen-bond acceptors (Lipinski definition) is 4. The van der Waals surface area contributed by atoms with Gasteiger partial charge < -0.3 is 9.47 Å². The van der Waals surface area contributed by atoms with Crippen LogP contribution < -0.4 is 0 Å². The first kappa shape index (κ1) is 26.9. The molecule has 0 aromatic heterocycles. The molecule has 0 aliphatic carbocycles. The van der Waals surface area contributed by atoms with E-state index < -0.39 is 0 Å². The molecule has 4 aromatic rings. The van der Waals surface area contributed by atoms with Crippen molar-refractivity contribution in [1.82, 2.24) is 0 Å². The van der Waals surface area contributed by atoms with Crippen molar-refractivity contribution in [2.75, 3.05) is 0 Å². The summed E-state index contributed by atoms with van der Waals surface area (Å²) in [5.74, 6) is -0.702. The van der Waals surface area contributed by atoms with Crippen molar-refractivity contribution in [1.29, 1.82) is 0 Å². The van der Waals surface area contributed by atoms with Crippen molar-refractivity contribution in [2.24, 2.45) is 0 Å². The van der Waals surface area contributed by atoms with Crippen molar-refractivity contribution >= 4 is 11.9 Å². The van der Waals surface area contributed by atoms with E-state index in [-0.39, 0.29) is 36.0 Å². The zero-order chi connectivity index (χ0) is 26.7. The molecule has 0 saturated carbocycles. The molecule has 4 unspecified atom stereocenters. The lowest BCUT2D eigenvalue weighted by Crippen LogP contribution is -2.26. The standard InChI is InChI=1S/C34H34O4/c1-25(37-33(35)29-19-11-5-12-20-29)31(27-15-7-3-8-16-27)23-24-32(28-17-9-4-10-18-28)26(2)38-34(36)30-21-13-6-14-22-30/h3-22,25-26,31-32H,23-24H2,1-2H3. The van der Waals surface area contributed by atoms with Crippen molar-refractivity contribution in [3.63, 3.8) is 0 Å². The van der Waals surface area contributed by atoms with Crippen LogP contribution in [0.4, 0.5) is 0 Å². The Hall–Kier alpha value is -4.18. The monoisotopic (exact) mass is 506 g/mol. The van der Waals surface area contributed by atoms with Gasteiger partial charge in [-0.15, -0.1) is 0 Å². The third-order valence-electron chi connectivity index (χ3n) is 6.98. The van der Waals surface area contributed by atoms with Crippen molar-refractivity contribution in [3.8, 4) is 0 Å². The summed E-state index contributed by atoms with van der Waals surface area (Å²) in [5, 5.41) is 0.